The summed E-state index contributed by atoms with van der Waals surface area (Å²) >= 11 is 0. The van der Waals surface area contributed by atoms with E-state index >= 15 is 0 Å². The molecule has 6 heteroatoms. The van der Waals surface area contributed by atoms with Crippen molar-refractivity contribution in [3.8, 4) is 0 Å². The Bertz CT molecular complexity index is 672. The van der Waals surface area contributed by atoms with Crippen LogP contribution in [-0.4, -0.2) is 39.7 Å². The summed E-state index contributed by atoms with van der Waals surface area (Å²) in [5.74, 6) is 1.23. The standard InChI is InChI=1S/C19H28N4O2/c1-3-17-16(14-22-9-4-5-10-22)13-18(25-17)19(24)21-15(2)7-12-23-11-6-8-20-23/h6,8,11,13,15H,3-5,7,9-10,12,14H2,1-2H3,(H,21,24). The number of aromatic nitrogens is 2. The van der Waals surface area contributed by atoms with Gasteiger partial charge < -0.3 is 9.73 Å². The average molecular weight is 344 g/mol. The average Bonchev–Trinajstić information content (AvgIpc) is 3.35. The second-order valence-electron chi connectivity index (χ2n) is 6.83. The molecule has 3 heterocycles. The number of hydrogen-bond donors (Lipinski definition) is 1. The van der Waals surface area contributed by atoms with Crippen LogP contribution in [-0.2, 0) is 19.5 Å². The largest absolute Gasteiger partial charge is 0.456 e. The molecule has 25 heavy (non-hydrogen) atoms. The summed E-state index contributed by atoms with van der Waals surface area (Å²) in [7, 11) is 0. The maximum Gasteiger partial charge on any atom is 0.287 e. The fourth-order valence-corrected chi connectivity index (χ4v) is 3.32. The van der Waals surface area contributed by atoms with Gasteiger partial charge in [0.05, 0.1) is 0 Å². The van der Waals surface area contributed by atoms with Crippen LogP contribution in [0.2, 0.25) is 0 Å². The number of amides is 1. The number of likely N-dealkylation sites (tertiary alicyclic amines) is 1. The minimum atomic E-state index is -0.129. The Kier molecular flexibility index (Phi) is 5.91. The summed E-state index contributed by atoms with van der Waals surface area (Å²) < 4.78 is 7.70. The molecule has 2 aromatic heterocycles. The van der Waals surface area contributed by atoms with Gasteiger partial charge >= 0.3 is 0 Å². The molecule has 1 atom stereocenters. The Labute approximate surface area is 149 Å². The third-order valence-electron chi connectivity index (χ3n) is 4.76. The first-order valence-corrected chi connectivity index (χ1v) is 9.28. The van der Waals surface area contributed by atoms with Crippen molar-refractivity contribution in [2.24, 2.45) is 0 Å². The van der Waals surface area contributed by atoms with Gasteiger partial charge in [-0.15, -0.1) is 0 Å². The lowest BCUT2D eigenvalue weighted by molar-refractivity contribution is 0.0907. The maximum absolute atomic E-state index is 12.5. The van der Waals surface area contributed by atoms with E-state index < -0.39 is 0 Å². The third kappa shape index (κ3) is 4.72. The van der Waals surface area contributed by atoms with Crippen molar-refractivity contribution in [2.75, 3.05) is 13.1 Å². The zero-order valence-electron chi connectivity index (χ0n) is 15.2. The van der Waals surface area contributed by atoms with E-state index in [0.717, 1.165) is 50.3 Å². The lowest BCUT2D eigenvalue weighted by atomic mass is 10.2. The molecule has 6 nitrogen and oxygen atoms in total. The molecule has 1 N–H and O–H groups in total. The van der Waals surface area contributed by atoms with E-state index in [1.807, 2.05) is 29.9 Å². The molecule has 0 saturated carbocycles. The monoisotopic (exact) mass is 344 g/mol. The zero-order chi connectivity index (χ0) is 17.6. The molecule has 0 aliphatic carbocycles. The zero-order valence-corrected chi connectivity index (χ0v) is 15.2. The van der Waals surface area contributed by atoms with Crippen LogP contribution in [0.25, 0.3) is 0 Å². The minimum Gasteiger partial charge on any atom is -0.456 e. The quantitative estimate of drug-likeness (QED) is 0.800. The van der Waals surface area contributed by atoms with Crippen molar-refractivity contribution < 1.29 is 9.21 Å². The molecule has 1 unspecified atom stereocenters. The van der Waals surface area contributed by atoms with Gasteiger partial charge in [-0.3, -0.25) is 14.4 Å². The number of furan rings is 1. The van der Waals surface area contributed by atoms with Gasteiger partial charge in [-0.2, -0.15) is 5.10 Å². The summed E-state index contributed by atoms with van der Waals surface area (Å²) in [6, 6.07) is 3.89. The fraction of sp³-hybridized carbons (Fsp3) is 0.579. The van der Waals surface area contributed by atoms with Gasteiger partial charge in [0, 0.05) is 43.5 Å². The predicted molar refractivity (Wildman–Crippen MR) is 96.4 cm³/mol. The van der Waals surface area contributed by atoms with E-state index in [1.165, 1.54) is 12.8 Å². The Morgan fingerprint density at radius 1 is 1.40 bits per heavy atom. The number of nitrogens with one attached hydrogen (secondary N) is 1. The maximum atomic E-state index is 12.5. The van der Waals surface area contributed by atoms with E-state index in [9.17, 15) is 4.79 Å². The topological polar surface area (TPSA) is 63.3 Å². The van der Waals surface area contributed by atoms with Crippen molar-refractivity contribution in [3.63, 3.8) is 0 Å². The lowest BCUT2D eigenvalue weighted by Gasteiger charge is -2.13. The Morgan fingerprint density at radius 2 is 2.20 bits per heavy atom. The van der Waals surface area contributed by atoms with Crippen LogP contribution < -0.4 is 5.32 Å². The Hall–Kier alpha value is -2.08. The normalized spacial score (nSPS) is 16.2. The number of aryl methyl sites for hydroxylation is 2. The number of rotatable bonds is 8. The molecular formula is C19H28N4O2. The highest BCUT2D eigenvalue weighted by Crippen LogP contribution is 2.21. The molecule has 0 radical (unpaired) electrons. The number of nitrogens with zero attached hydrogens (tertiary/aromatic N) is 3. The van der Waals surface area contributed by atoms with Crippen LogP contribution >= 0.6 is 0 Å². The van der Waals surface area contributed by atoms with Crippen LogP contribution in [0.5, 0.6) is 0 Å². The summed E-state index contributed by atoms with van der Waals surface area (Å²) in [5, 5.41) is 7.21. The summed E-state index contributed by atoms with van der Waals surface area (Å²) in [4.78, 5) is 14.9. The van der Waals surface area contributed by atoms with E-state index in [0.29, 0.717) is 5.76 Å². The Balaban J connectivity index is 1.56. The first kappa shape index (κ1) is 17.7. The van der Waals surface area contributed by atoms with Crippen LogP contribution in [0.15, 0.2) is 28.9 Å². The molecule has 2 aromatic rings. The number of hydrogen-bond acceptors (Lipinski definition) is 4. The highest BCUT2D eigenvalue weighted by Gasteiger charge is 2.20. The van der Waals surface area contributed by atoms with Crippen molar-refractivity contribution in [3.05, 3.63) is 41.6 Å². The SMILES string of the molecule is CCc1oc(C(=O)NC(C)CCn2cccn2)cc1CN1CCCC1. The molecule has 136 valence electrons. The van der Waals surface area contributed by atoms with Gasteiger partial charge in [0.15, 0.2) is 5.76 Å². The molecule has 1 aliphatic heterocycles. The van der Waals surface area contributed by atoms with Gasteiger partial charge in [-0.05, 0) is 51.4 Å². The van der Waals surface area contributed by atoms with Crippen molar-refractivity contribution >= 4 is 5.91 Å². The van der Waals surface area contributed by atoms with E-state index in [1.54, 1.807) is 6.20 Å². The molecular weight excluding hydrogens is 316 g/mol. The van der Waals surface area contributed by atoms with Gasteiger partial charge in [0.1, 0.15) is 5.76 Å². The van der Waals surface area contributed by atoms with Gasteiger partial charge in [0.25, 0.3) is 5.91 Å². The molecule has 1 amide bonds. The second-order valence-corrected chi connectivity index (χ2v) is 6.83. The van der Waals surface area contributed by atoms with E-state index in [-0.39, 0.29) is 11.9 Å². The Morgan fingerprint density at radius 3 is 2.88 bits per heavy atom. The molecule has 0 spiro atoms. The first-order valence-electron chi connectivity index (χ1n) is 9.28. The van der Waals surface area contributed by atoms with Crippen molar-refractivity contribution in [2.45, 2.75) is 58.7 Å². The summed E-state index contributed by atoms with van der Waals surface area (Å²) in [5.41, 5.74) is 1.15. The van der Waals surface area contributed by atoms with Gasteiger partial charge in [-0.1, -0.05) is 6.92 Å². The molecule has 1 aliphatic rings. The van der Waals surface area contributed by atoms with Crippen LogP contribution in [0.4, 0.5) is 0 Å². The lowest BCUT2D eigenvalue weighted by Crippen LogP contribution is -2.33. The van der Waals surface area contributed by atoms with E-state index in [4.69, 9.17) is 4.42 Å². The first-order chi connectivity index (χ1) is 12.2. The highest BCUT2D eigenvalue weighted by atomic mass is 16.4. The van der Waals surface area contributed by atoms with Gasteiger partial charge in [-0.25, -0.2) is 0 Å². The van der Waals surface area contributed by atoms with Crippen LogP contribution in [0.1, 0.15) is 55.0 Å². The molecule has 1 fully saturated rings. The van der Waals surface area contributed by atoms with Crippen molar-refractivity contribution in [1.82, 2.24) is 20.0 Å². The molecule has 1 saturated heterocycles. The number of carbonyl (C=O) groups excluding carboxylic acids is 1. The fourth-order valence-electron chi connectivity index (χ4n) is 3.32. The molecule has 3 rings (SSSR count). The van der Waals surface area contributed by atoms with Crippen molar-refractivity contribution in [1.29, 1.82) is 0 Å². The van der Waals surface area contributed by atoms with E-state index in [2.05, 4.69) is 22.2 Å². The summed E-state index contributed by atoms with van der Waals surface area (Å²) in [6.45, 7) is 8.03. The molecule has 0 aromatic carbocycles. The van der Waals surface area contributed by atoms with Crippen LogP contribution in [0.3, 0.4) is 0 Å². The third-order valence-corrected chi connectivity index (χ3v) is 4.76. The smallest absolute Gasteiger partial charge is 0.287 e. The van der Waals surface area contributed by atoms with Gasteiger partial charge in [0.2, 0.25) is 0 Å². The minimum absolute atomic E-state index is 0.0638. The summed E-state index contributed by atoms with van der Waals surface area (Å²) in [6.07, 6.45) is 7.86. The highest BCUT2D eigenvalue weighted by molar-refractivity contribution is 5.91. The molecule has 0 bridgehead atoms. The predicted octanol–water partition coefficient (Wildman–Crippen LogP) is 2.84. The second kappa shape index (κ2) is 8.34. The number of carbonyl (C=O) groups is 1. The van der Waals surface area contributed by atoms with Crippen LogP contribution in [0, 0.1) is 0 Å².